The molecule has 112 valence electrons. The first-order valence-electron chi connectivity index (χ1n) is 6.06. The summed E-state index contributed by atoms with van der Waals surface area (Å²) in [4.78, 5) is 22.1. The summed E-state index contributed by atoms with van der Waals surface area (Å²) in [5, 5.41) is 18.0. The highest BCUT2D eigenvalue weighted by atomic mass is 32.2. The number of hydrogen-bond acceptors (Lipinski definition) is 5. The number of terminal acetylenes is 1. The van der Waals surface area contributed by atoms with Crippen molar-refractivity contribution in [2.75, 3.05) is 0 Å². The van der Waals surface area contributed by atoms with Crippen molar-refractivity contribution in [2.45, 2.75) is 11.7 Å². The number of thioether (sulfide) groups is 1. The van der Waals surface area contributed by atoms with Crippen molar-refractivity contribution in [3.05, 3.63) is 35.1 Å². The van der Waals surface area contributed by atoms with Crippen molar-refractivity contribution in [3.63, 3.8) is 0 Å². The topological polar surface area (TPSA) is 91.1 Å². The number of amides is 1. The number of carbonyl (C=O) groups is 2. The van der Waals surface area contributed by atoms with Gasteiger partial charge in [0.05, 0.1) is 18.2 Å². The molecule has 1 saturated heterocycles. The Morgan fingerprint density at radius 1 is 1.59 bits per heavy atom. The van der Waals surface area contributed by atoms with E-state index in [9.17, 15) is 14.0 Å². The predicted octanol–water partition coefficient (Wildman–Crippen LogP) is 1.20. The second-order valence-corrected chi connectivity index (χ2v) is 5.42. The molecule has 1 unspecified atom stereocenters. The number of carbonyl (C=O) groups excluding carboxylic acids is 1. The van der Waals surface area contributed by atoms with Gasteiger partial charge in [0.25, 0.3) is 0 Å². The molecular weight excluding hydrogens is 309 g/mol. The van der Waals surface area contributed by atoms with E-state index in [0.717, 1.165) is 11.8 Å². The third kappa shape index (κ3) is 3.93. The molecule has 2 N–H and O–H groups in total. The van der Waals surface area contributed by atoms with Crippen molar-refractivity contribution in [1.29, 1.82) is 0 Å². The first kappa shape index (κ1) is 15.7. The van der Waals surface area contributed by atoms with Gasteiger partial charge in [-0.25, -0.2) is 4.39 Å². The molecular formula is C14H10FN3O3S. The fraction of sp³-hybridized carbons (Fsp3) is 0.143. The van der Waals surface area contributed by atoms with Crippen LogP contribution in [-0.2, 0) is 9.59 Å². The van der Waals surface area contributed by atoms with Gasteiger partial charge in [-0.1, -0.05) is 23.7 Å². The van der Waals surface area contributed by atoms with Crippen LogP contribution in [0.1, 0.15) is 17.5 Å². The van der Waals surface area contributed by atoms with E-state index in [1.54, 1.807) is 6.07 Å². The van der Waals surface area contributed by atoms with Gasteiger partial charge in [0.1, 0.15) is 11.1 Å². The molecule has 6 nitrogen and oxygen atoms in total. The van der Waals surface area contributed by atoms with Crippen LogP contribution in [0.4, 0.5) is 4.39 Å². The third-order valence-electron chi connectivity index (χ3n) is 2.64. The number of aliphatic carboxylic acids is 1. The van der Waals surface area contributed by atoms with Crippen LogP contribution in [0.5, 0.6) is 0 Å². The molecule has 1 aromatic carbocycles. The number of carboxylic acid groups (broad SMARTS) is 1. The molecule has 0 saturated carbocycles. The van der Waals surface area contributed by atoms with Crippen LogP contribution in [0.15, 0.2) is 28.4 Å². The molecule has 0 aromatic heterocycles. The molecule has 22 heavy (non-hydrogen) atoms. The van der Waals surface area contributed by atoms with Gasteiger partial charge in [0.15, 0.2) is 5.17 Å². The van der Waals surface area contributed by atoms with Gasteiger partial charge in [-0.2, -0.15) is 5.10 Å². The highest BCUT2D eigenvalue weighted by molar-refractivity contribution is 8.15. The summed E-state index contributed by atoms with van der Waals surface area (Å²) >= 11 is 0.986. The number of nitrogens with zero attached hydrogens (tertiary/aromatic N) is 2. The summed E-state index contributed by atoms with van der Waals surface area (Å²) in [6, 6.07) is 4.24. The number of benzene rings is 1. The van der Waals surface area contributed by atoms with Crippen LogP contribution >= 0.6 is 11.8 Å². The summed E-state index contributed by atoms with van der Waals surface area (Å²) in [6.45, 7) is 0. The van der Waals surface area contributed by atoms with Gasteiger partial charge >= 0.3 is 5.97 Å². The lowest BCUT2D eigenvalue weighted by Crippen LogP contribution is -2.26. The summed E-state index contributed by atoms with van der Waals surface area (Å²) in [6.07, 6.45) is 6.12. The summed E-state index contributed by atoms with van der Waals surface area (Å²) in [5.41, 5.74) is 0.607. The molecule has 0 radical (unpaired) electrons. The van der Waals surface area contributed by atoms with Crippen LogP contribution < -0.4 is 5.32 Å². The largest absolute Gasteiger partial charge is 0.481 e. The molecule has 1 atom stereocenters. The smallest absolute Gasteiger partial charge is 0.305 e. The second kappa shape index (κ2) is 6.87. The number of hydrogen-bond donors (Lipinski definition) is 2. The monoisotopic (exact) mass is 319 g/mol. The number of halogens is 1. The van der Waals surface area contributed by atoms with E-state index in [2.05, 4.69) is 21.4 Å². The molecule has 1 aromatic rings. The predicted molar refractivity (Wildman–Crippen MR) is 81.1 cm³/mol. The van der Waals surface area contributed by atoms with Crippen molar-refractivity contribution < 1.29 is 19.1 Å². The maximum absolute atomic E-state index is 13.4. The van der Waals surface area contributed by atoms with E-state index in [-0.39, 0.29) is 17.2 Å². The van der Waals surface area contributed by atoms with Crippen molar-refractivity contribution in [2.24, 2.45) is 10.2 Å². The van der Waals surface area contributed by atoms with Gasteiger partial charge < -0.3 is 10.4 Å². The van der Waals surface area contributed by atoms with E-state index in [1.165, 1.54) is 18.3 Å². The van der Waals surface area contributed by atoms with E-state index >= 15 is 0 Å². The number of carboxylic acids is 1. The second-order valence-electron chi connectivity index (χ2n) is 4.23. The molecule has 1 heterocycles. The van der Waals surface area contributed by atoms with Gasteiger partial charge in [-0.15, -0.1) is 11.5 Å². The van der Waals surface area contributed by atoms with Crippen LogP contribution in [0.3, 0.4) is 0 Å². The Morgan fingerprint density at radius 2 is 2.36 bits per heavy atom. The van der Waals surface area contributed by atoms with Crippen LogP contribution in [0.25, 0.3) is 0 Å². The zero-order chi connectivity index (χ0) is 16.1. The van der Waals surface area contributed by atoms with Crippen LogP contribution in [0.2, 0.25) is 0 Å². The third-order valence-corrected chi connectivity index (χ3v) is 3.71. The van der Waals surface area contributed by atoms with E-state index in [1.807, 2.05) is 0 Å². The van der Waals surface area contributed by atoms with Crippen molar-refractivity contribution >= 4 is 35.0 Å². The average molecular weight is 319 g/mol. The van der Waals surface area contributed by atoms with E-state index in [4.69, 9.17) is 11.5 Å². The standard InChI is InChI=1S/C14H10FN3O3S/c1-2-9-4-3-8(5-10(9)15)7-16-18-14-17-13(21)11(22-14)6-12(19)20/h1,3-5,7,11H,6H2,(H,19,20)(H,17,18,21). The quantitative estimate of drug-likeness (QED) is 0.496. The Labute approximate surface area is 129 Å². The van der Waals surface area contributed by atoms with Crippen molar-refractivity contribution in [1.82, 2.24) is 5.32 Å². The van der Waals surface area contributed by atoms with Gasteiger partial charge in [-0.3, -0.25) is 9.59 Å². The van der Waals surface area contributed by atoms with Gasteiger partial charge in [-0.05, 0) is 17.7 Å². The van der Waals surface area contributed by atoms with E-state index < -0.39 is 22.9 Å². The maximum Gasteiger partial charge on any atom is 0.305 e. The molecule has 0 spiro atoms. The minimum Gasteiger partial charge on any atom is -0.481 e. The normalized spacial score (nSPS) is 19.4. The summed E-state index contributed by atoms with van der Waals surface area (Å²) in [5.74, 6) is 0.172. The molecule has 0 aliphatic carbocycles. The minimum absolute atomic E-state index is 0.151. The Balaban J connectivity index is 2.03. The van der Waals surface area contributed by atoms with E-state index in [0.29, 0.717) is 5.56 Å². The summed E-state index contributed by atoms with van der Waals surface area (Å²) in [7, 11) is 0. The lowest BCUT2D eigenvalue weighted by molar-refractivity contribution is -0.138. The number of rotatable bonds is 4. The lowest BCUT2D eigenvalue weighted by atomic mass is 10.1. The van der Waals surface area contributed by atoms with Gasteiger partial charge in [0.2, 0.25) is 5.91 Å². The molecule has 1 fully saturated rings. The zero-order valence-electron chi connectivity index (χ0n) is 11.1. The van der Waals surface area contributed by atoms with Crippen molar-refractivity contribution in [3.8, 4) is 12.3 Å². The highest BCUT2D eigenvalue weighted by Gasteiger charge is 2.32. The minimum atomic E-state index is -1.07. The molecule has 2 rings (SSSR count). The Hall–Kier alpha value is -2.66. The molecule has 1 aliphatic heterocycles. The average Bonchev–Trinajstić information content (AvgIpc) is 2.78. The number of nitrogens with one attached hydrogen (secondary N) is 1. The van der Waals surface area contributed by atoms with Crippen LogP contribution in [0, 0.1) is 18.2 Å². The first-order valence-corrected chi connectivity index (χ1v) is 6.94. The SMILES string of the molecule is C#Cc1ccc(C=NN=C2NC(=O)C(CC(=O)O)S2)cc1F. The zero-order valence-corrected chi connectivity index (χ0v) is 11.9. The molecule has 1 amide bonds. The highest BCUT2D eigenvalue weighted by Crippen LogP contribution is 2.22. The summed E-state index contributed by atoms with van der Waals surface area (Å²) < 4.78 is 13.4. The Bertz CT molecular complexity index is 725. The number of amidine groups is 1. The molecule has 1 aliphatic rings. The Kier molecular flexibility index (Phi) is 4.91. The first-order chi connectivity index (χ1) is 10.5. The lowest BCUT2D eigenvalue weighted by Gasteiger charge is -1.98. The van der Waals surface area contributed by atoms with Crippen LogP contribution in [-0.4, -0.2) is 33.6 Å². The van der Waals surface area contributed by atoms with Gasteiger partial charge in [0, 0.05) is 0 Å². The Morgan fingerprint density at radius 3 is 3.00 bits per heavy atom. The molecule has 0 bridgehead atoms. The maximum atomic E-state index is 13.4. The fourth-order valence-corrected chi connectivity index (χ4v) is 2.54. The molecule has 8 heteroatoms. The fourth-order valence-electron chi connectivity index (χ4n) is 1.62.